The van der Waals surface area contributed by atoms with Crippen LogP contribution in [0.1, 0.15) is 0 Å². The Bertz CT molecular complexity index is 1420. The van der Waals surface area contributed by atoms with Gasteiger partial charge in [0.1, 0.15) is 17.1 Å². The number of hydrogen-bond donors (Lipinski definition) is 3. The molecule has 3 heterocycles. The van der Waals surface area contributed by atoms with Crippen molar-refractivity contribution in [2.45, 2.75) is 0 Å². The van der Waals surface area contributed by atoms with Crippen LogP contribution in [-0.4, -0.2) is 56.1 Å². The molecule has 4 aromatic rings. The molecule has 1 aliphatic heterocycles. The number of fused-ring (bicyclic) bond motifs is 1. The van der Waals surface area contributed by atoms with Crippen LogP contribution in [-0.2, 0) is 9.73 Å². The van der Waals surface area contributed by atoms with Gasteiger partial charge in [-0.15, -0.1) is 0 Å². The molecule has 0 bridgehead atoms. The summed E-state index contributed by atoms with van der Waals surface area (Å²) in [6.07, 6.45) is 1.54. The van der Waals surface area contributed by atoms with Gasteiger partial charge in [-0.05, 0) is 18.2 Å². The van der Waals surface area contributed by atoms with E-state index in [1.54, 1.807) is 13.3 Å². The van der Waals surface area contributed by atoms with Crippen LogP contribution in [0.5, 0.6) is 5.75 Å². The van der Waals surface area contributed by atoms with E-state index in [1.165, 1.54) is 0 Å². The van der Waals surface area contributed by atoms with Crippen LogP contribution in [0.25, 0.3) is 22.3 Å². The van der Waals surface area contributed by atoms with Crippen molar-refractivity contribution in [3.63, 3.8) is 0 Å². The standard InChI is InChI=1S/C22H22ClN7O2S/c1-32-19-12-14(30-8-10-33(24,31)11-9-30)6-7-18(19)26-22-25-13-16(23)21(27-22)20-15-4-2-3-5-17(15)28-29-20/h2-7,12-13,24H,8-11H2,1H3,(H,28,29)(H,25,26,27). The maximum absolute atomic E-state index is 11.9. The SMILES string of the molecule is COc1cc(N2CCS(=N)(=O)CC2)ccc1Nc1ncc(Cl)c(-c2n[nH]c3ccccc23)n1. The number of aromatic amines is 1. The second-order valence-electron chi connectivity index (χ2n) is 7.72. The molecule has 170 valence electrons. The van der Waals surface area contributed by atoms with Crippen LogP contribution in [0.15, 0.2) is 48.7 Å². The van der Waals surface area contributed by atoms with Crippen molar-refractivity contribution >= 4 is 49.6 Å². The third-order valence-electron chi connectivity index (χ3n) is 5.62. The Balaban J connectivity index is 1.43. The van der Waals surface area contributed by atoms with E-state index in [0.717, 1.165) is 16.6 Å². The number of nitrogens with one attached hydrogen (secondary N) is 3. The molecular weight excluding hydrogens is 462 g/mol. The molecule has 2 aromatic carbocycles. The third-order valence-corrected chi connectivity index (χ3v) is 7.58. The van der Waals surface area contributed by atoms with E-state index in [1.807, 2.05) is 42.5 Å². The minimum Gasteiger partial charge on any atom is -0.494 e. The topological polar surface area (TPSA) is 120 Å². The highest BCUT2D eigenvalue weighted by molar-refractivity contribution is 7.92. The number of aromatic nitrogens is 4. The highest BCUT2D eigenvalue weighted by Gasteiger charge is 2.20. The molecule has 9 nitrogen and oxygen atoms in total. The average Bonchev–Trinajstić information content (AvgIpc) is 3.25. The molecule has 33 heavy (non-hydrogen) atoms. The fraction of sp³-hybridized carbons (Fsp3) is 0.227. The first kappa shape index (κ1) is 21.5. The normalized spacial score (nSPS) is 15.5. The van der Waals surface area contributed by atoms with E-state index >= 15 is 0 Å². The maximum Gasteiger partial charge on any atom is 0.227 e. The molecule has 0 spiro atoms. The van der Waals surface area contributed by atoms with Crippen LogP contribution in [0.3, 0.4) is 0 Å². The summed E-state index contributed by atoms with van der Waals surface area (Å²) in [6, 6.07) is 13.5. The van der Waals surface area contributed by atoms with Gasteiger partial charge in [0.2, 0.25) is 5.95 Å². The van der Waals surface area contributed by atoms with Crippen LogP contribution in [0.2, 0.25) is 5.02 Å². The van der Waals surface area contributed by atoms with Gasteiger partial charge in [-0.3, -0.25) is 9.88 Å². The van der Waals surface area contributed by atoms with Gasteiger partial charge in [-0.2, -0.15) is 5.10 Å². The summed E-state index contributed by atoms with van der Waals surface area (Å²) in [5.74, 6) is 1.73. The van der Waals surface area contributed by atoms with Crippen molar-refractivity contribution in [2.24, 2.45) is 0 Å². The molecule has 2 aromatic heterocycles. The zero-order valence-electron chi connectivity index (χ0n) is 17.8. The second-order valence-corrected chi connectivity index (χ2v) is 10.6. The average molecular weight is 484 g/mol. The highest BCUT2D eigenvalue weighted by Crippen LogP contribution is 2.34. The molecule has 0 amide bonds. The lowest BCUT2D eigenvalue weighted by molar-refractivity contribution is 0.416. The first-order chi connectivity index (χ1) is 15.9. The Labute approximate surface area is 196 Å². The Kier molecular flexibility index (Phi) is 5.55. The van der Waals surface area contributed by atoms with Crippen molar-refractivity contribution in [3.05, 3.63) is 53.7 Å². The van der Waals surface area contributed by atoms with Gasteiger partial charge < -0.3 is 15.0 Å². The Morgan fingerprint density at radius 3 is 2.76 bits per heavy atom. The fourth-order valence-electron chi connectivity index (χ4n) is 3.83. The molecule has 0 saturated carbocycles. The molecule has 1 saturated heterocycles. The zero-order chi connectivity index (χ0) is 23.0. The fourth-order valence-corrected chi connectivity index (χ4v) is 5.24. The summed E-state index contributed by atoms with van der Waals surface area (Å²) in [5.41, 5.74) is 3.72. The molecular formula is C22H22ClN7O2S. The molecule has 5 rings (SSSR count). The van der Waals surface area contributed by atoms with Crippen molar-refractivity contribution in [2.75, 3.05) is 41.9 Å². The van der Waals surface area contributed by atoms with Gasteiger partial charge in [0.25, 0.3) is 0 Å². The van der Waals surface area contributed by atoms with E-state index in [0.29, 0.717) is 58.4 Å². The van der Waals surface area contributed by atoms with Gasteiger partial charge in [0.15, 0.2) is 0 Å². The number of benzene rings is 2. The van der Waals surface area contributed by atoms with E-state index in [9.17, 15) is 4.21 Å². The Hall–Kier alpha value is -3.37. The largest absolute Gasteiger partial charge is 0.494 e. The number of H-pyrrole nitrogens is 1. The van der Waals surface area contributed by atoms with Crippen LogP contribution in [0.4, 0.5) is 17.3 Å². The molecule has 0 radical (unpaired) electrons. The van der Waals surface area contributed by atoms with Gasteiger partial charge in [-0.25, -0.2) is 14.2 Å². The lowest BCUT2D eigenvalue weighted by Crippen LogP contribution is -2.39. The monoisotopic (exact) mass is 483 g/mol. The first-order valence-corrected chi connectivity index (χ1v) is 12.6. The molecule has 0 atom stereocenters. The Morgan fingerprint density at radius 1 is 1.18 bits per heavy atom. The van der Waals surface area contributed by atoms with Crippen LogP contribution >= 0.6 is 11.6 Å². The summed E-state index contributed by atoms with van der Waals surface area (Å²) in [5, 5.41) is 11.9. The minimum atomic E-state index is -2.45. The smallest absolute Gasteiger partial charge is 0.227 e. The summed E-state index contributed by atoms with van der Waals surface area (Å²) < 4.78 is 25.3. The quantitative estimate of drug-likeness (QED) is 0.387. The number of methoxy groups -OCH3 is 1. The van der Waals surface area contributed by atoms with E-state index < -0.39 is 9.73 Å². The van der Waals surface area contributed by atoms with Crippen molar-refractivity contribution in [3.8, 4) is 17.1 Å². The van der Waals surface area contributed by atoms with Crippen LogP contribution < -0.4 is 15.0 Å². The predicted octanol–water partition coefficient (Wildman–Crippen LogP) is 4.29. The summed E-state index contributed by atoms with van der Waals surface area (Å²) in [7, 11) is -0.850. The minimum absolute atomic E-state index is 0.361. The molecule has 1 aliphatic rings. The molecule has 0 aliphatic carbocycles. The molecule has 0 unspecified atom stereocenters. The summed E-state index contributed by atoms with van der Waals surface area (Å²) in [6.45, 7) is 1.17. The van der Waals surface area contributed by atoms with E-state index in [2.05, 4.69) is 30.4 Å². The van der Waals surface area contributed by atoms with Crippen molar-refractivity contribution in [1.82, 2.24) is 20.2 Å². The number of rotatable bonds is 5. The van der Waals surface area contributed by atoms with E-state index in [-0.39, 0.29) is 0 Å². The van der Waals surface area contributed by atoms with Gasteiger partial charge in [-0.1, -0.05) is 29.8 Å². The number of nitrogens with zero attached hydrogens (tertiary/aromatic N) is 4. The van der Waals surface area contributed by atoms with Crippen molar-refractivity contribution < 1.29 is 8.95 Å². The number of anilines is 3. The third kappa shape index (κ3) is 4.31. The Morgan fingerprint density at radius 2 is 1.97 bits per heavy atom. The second kappa shape index (κ2) is 8.53. The predicted molar refractivity (Wildman–Crippen MR) is 131 cm³/mol. The van der Waals surface area contributed by atoms with Gasteiger partial charge in [0.05, 0.1) is 29.5 Å². The van der Waals surface area contributed by atoms with Crippen molar-refractivity contribution in [1.29, 1.82) is 4.78 Å². The van der Waals surface area contributed by atoms with Gasteiger partial charge in [0, 0.05) is 51.5 Å². The van der Waals surface area contributed by atoms with Crippen LogP contribution in [0, 0.1) is 4.78 Å². The number of ether oxygens (including phenoxy) is 1. The molecule has 3 N–H and O–H groups in total. The first-order valence-electron chi connectivity index (χ1n) is 10.3. The molecule has 11 heteroatoms. The van der Waals surface area contributed by atoms with Gasteiger partial charge >= 0.3 is 0 Å². The zero-order valence-corrected chi connectivity index (χ0v) is 19.4. The molecule has 1 fully saturated rings. The maximum atomic E-state index is 11.9. The highest BCUT2D eigenvalue weighted by atomic mass is 35.5. The summed E-state index contributed by atoms with van der Waals surface area (Å²) in [4.78, 5) is 11.0. The summed E-state index contributed by atoms with van der Waals surface area (Å²) >= 11 is 6.41. The number of para-hydroxylation sites is 1. The van der Waals surface area contributed by atoms with E-state index in [4.69, 9.17) is 21.1 Å². The lowest BCUT2D eigenvalue weighted by atomic mass is 10.1. The number of halogens is 1. The lowest BCUT2D eigenvalue weighted by Gasteiger charge is -2.30. The number of hydrogen-bond acceptors (Lipinski definition) is 8.